The van der Waals surface area contributed by atoms with Gasteiger partial charge in [-0.2, -0.15) is 0 Å². The van der Waals surface area contributed by atoms with Crippen molar-refractivity contribution in [2.45, 2.75) is 57.4 Å². The van der Waals surface area contributed by atoms with Gasteiger partial charge in [-0.1, -0.05) is 38.1 Å². The molecule has 2 atom stereocenters. The molecule has 1 aromatic carbocycles. The average molecular weight is 515 g/mol. The highest BCUT2D eigenvalue weighted by atomic mass is 127. The molecular weight excluding hydrogens is 477 g/mol. The molecule has 2 N–H and O–H groups in total. The summed E-state index contributed by atoms with van der Waals surface area (Å²) in [7, 11) is 1.84. The minimum atomic E-state index is 0. The van der Waals surface area contributed by atoms with Crippen LogP contribution in [0.15, 0.2) is 29.3 Å². The number of benzene rings is 1. The lowest BCUT2D eigenvalue weighted by Crippen LogP contribution is -2.39. The number of hydrogen-bond donors (Lipinski definition) is 2. The van der Waals surface area contributed by atoms with Gasteiger partial charge in [0.25, 0.3) is 0 Å². The topological polar surface area (TPSA) is 54.9 Å². The standard InChI is InChI=1S/C23H37N3O2.HI/c1-17(2)19-5-7-20(8-6-19)21-15-22(21)26-23(24-3)25-11-4-12-28-16-18-9-13-27-14-10-18;/h5-8,17-18,21-22H,4,9-16H2,1-3H3,(H2,24,25,26);1H. The van der Waals surface area contributed by atoms with Crippen LogP contribution in [0.3, 0.4) is 0 Å². The normalized spacial score (nSPS) is 22.3. The Hall–Kier alpha value is -0.860. The zero-order valence-electron chi connectivity index (χ0n) is 18.2. The summed E-state index contributed by atoms with van der Waals surface area (Å²) in [5.41, 5.74) is 2.84. The molecule has 1 aliphatic heterocycles. The Morgan fingerprint density at radius 2 is 1.93 bits per heavy atom. The van der Waals surface area contributed by atoms with E-state index in [1.165, 1.54) is 17.5 Å². The third-order valence-electron chi connectivity index (χ3n) is 5.82. The smallest absolute Gasteiger partial charge is 0.191 e. The monoisotopic (exact) mass is 515 g/mol. The van der Waals surface area contributed by atoms with Crippen LogP contribution in [0.2, 0.25) is 0 Å². The van der Waals surface area contributed by atoms with Crippen molar-refractivity contribution in [1.82, 2.24) is 10.6 Å². The van der Waals surface area contributed by atoms with Crippen LogP contribution in [0, 0.1) is 5.92 Å². The molecule has 6 heteroatoms. The van der Waals surface area contributed by atoms with Crippen LogP contribution < -0.4 is 10.6 Å². The Labute approximate surface area is 193 Å². The molecule has 0 radical (unpaired) electrons. The van der Waals surface area contributed by atoms with Gasteiger partial charge in [0.05, 0.1) is 0 Å². The van der Waals surface area contributed by atoms with Gasteiger partial charge in [-0.05, 0) is 48.6 Å². The van der Waals surface area contributed by atoms with E-state index in [2.05, 4.69) is 53.7 Å². The maximum Gasteiger partial charge on any atom is 0.191 e. The van der Waals surface area contributed by atoms with E-state index in [4.69, 9.17) is 9.47 Å². The summed E-state index contributed by atoms with van der Waals surface area (Å²) in [6, 6.07) is 9.59. The molecule has 3 rings (SSSR count). The molecule has 164 valence electrons. The lowest BCUT2D eigenvalue weighted by molar-refractivity contribution is 0.0203. The molecule has 29 heavy (non-hydrogen) atoms. The Morgan fingerprint density at radius 3 is 2.59 bits per heavy atom. The minimum Gasteiger partial charge on any atom is -0.381 e. The van der Waals surface area contributed by atoms with E-state index in [9.17, 15) is 0 Å². The van der Waals surface area contributed by atoms with Crippen molar-refractivity contribution in [1.29, 1.82) is 0 Å². The molecule has 0 aromatic heterocycles. The molecule has 2 fully saturated rings. The summed E-state index contributed by atoms with van der Waals surface area (Å²) in [6.07, 6.45) is 4.44. The van der Waals surface area contributed by atoms with Crippen molar-refractivity contribution >= 4 is 29.9 Å². The second-order valence-corrected chi connectivity index (χ2v) is 8.40. The van der Waals surface area contributed by atoms with Crippen molar-refractivity contribution in [3.05, 3.63) is 35.4 Å². The van der Waals surface area contributed by atoms with Crippen LogP contribution in [0.25, 0.3) is 0 Å². The Morgan fingerprint density at radius 1 is 1.21 bits per heavy atom. The second kappa shape index (κ2) is 12.7. The molecule has 0 bridgehead atoms. The maximum atomic E-state index is 5.83. The van der Waals surface area contributed by atoms with Crippen molar-refractivity contribution in [3.8, 4) is 0 Å². The van der Waals surface area contributed by atoms with Crippen molar-refractivity contribution in [3.63, 3.8) is 0 Å². The van der Waals surface area contributed by atoms with Crippen LogP contribution in [0.1, 0.15) is 62.5 Å². The fraction of sp³-hybridized carbons (Fsp3) is 0.696. The molecule has 1 heterocycles. The van der Waals surface area contributed by atoms with E-state index in [1.807, 2.05) is 7.05 Å². The third kappa shape index (κ3) is 8.06. The highest BCUT2D eigenvalue weighted by molar-refractivity contribution is 14.0. The summed E-state index contributed by atoms with van der Waals surface area (Å²) < 4.78 is 11.2. The number of nitrogens with zero attached hydrogens (tertiary/aromatic N) is 1. The summed E-state index contributed by atoms with van der Waals surface area (Å²) >= 11 is 0. The SMILES string of the molecule is CN=C(NCCCOCC1CCOCC1)NC1CC1c1ccc(C(C)C)cc1.I. The van der Waals surface area contributed by atoms with Crippen molar-refractivity contribution < 1.29 is 9.47 Å². The molecule has 2 unspecified atom stereocenters. The minimum absolute atomic E-state index is 0. The first kappa shape index (κ1) is 24.4. The number of hydrogen-bond acceptors (Lipinski definition) is 3. The van der Waals surface area contributed by atoms with Gasteiger partial charge in [-0.3, -0.25) is 4.99 Å². The Balaban J connectivity index is 0.00000300. The summed E-state index contributed by atoms with van der Waals surface area (Å²) in [4.78, 5) is 4.36. The van der Waals surface area contributed by atoms with Gasteiger partial charge in [0.15, 0.2) is 5.96 Å². The highest BCUT2D eigenvalue weighted by Gasteiger charge is 2.38. The van der Waals surface area contributed by atoms with Gasteiger partial charge in [0.1, 0.15) is 0 Å². The molecular formula is C23H38IN3O2. The summed E-state index contributed by atoms with van der Waals surface area (Å²) in [6.45, 7) is 8.81. The number of rotatable bonds is 9. The maximum absolute atomic E-state index is 5.83. The van der Waals surface area contributed by atoms with Gasteiger partial charge >= 0.3 is 0 Å². The van der Waals surface area contributed by atoms with E-state index >= 15 is 0 Å². The summed E-state index contributed by atoms with van der Waals surface area (Å²) in [5, 5.41) is 6.97. The zero-order valence-corrected chi connectivity index (χ0v) is 20.5. The molecule has 1 saturated carbocycles. The van der Waals surface area contributed by atoms with E-state index in [1.54, 1.807) is 0 Å². The summed E-state index contributed by atoms with van der Waals surface area (Å²) in [5.74, 6) is 2.77. The molecule has 2 aliphatic rings. The largest absolute Gasteiger partial charge is 0.381 e. The highest BCUT2D eigenvalue weighted by Crippen LogP contribution is 2.41. The molecule has 5 nitrogen and oxygen atoms in total. The zero-order chi connectivity index (χ0) is 19.8. The average Bonchev–Trinajstić information content (AvgIpc) is 3.49. The molecule has 1 aromatic rings. The van der Waals surface area contributed by atoms with Crippen LogP contribution in [-0.2, 0) is 9.47 Å². The first-order chi connectivity index (χ1) is 13.7. The van der Waals surface area contributed by atoms with E-state index < -0.39 is 0 Å². The number of aliphatic imine (C=N–C) groups is 1. The van der Waals surface area contributed by atoms with Gasteiger partial charge in [-0.25, -0.2) is 0 Å². The lowest BCUT2D eigenvalue weighted by Gasteiger charge is -2.21. The number of halogens is 1. The number of ether oxygens (including phenoxy) is 2. The first-order valence-corrected chi connectivity index (χ1v) is 10.9. The quantitative estimate of drug-likeness (QED) is 0.223. The van der Waals surface area contributed by atoms with Crippen molar-refractivity contribution in [2.75, 3.05) is 40.0 Å². The third-order valence-corrected chi connectivity index (χ3v) is 5.82. The van der Waals surface area contributed by atoms with E-state index in [0.29, 0.717) is 23.8 Å². The molecule has 1 aliphatic carbocycles. The van der Waals surface area contributed by atoms with Crippen LogP contribution in [-0.4, -0.2) is 52.0 Å². The fourth-order valence-corrected chi connectivity index (χ4v) is 3.77. The molecule has 0 spiro atoms. The Bertz CT molecular complexity index is 615. The number of nitrogens with one attached hydrogen (secondary N) is 2. The van der Waals surface area contributed by atoms with Crippen molar-refractivity contribution in [2.24, 2.45) is 10.9 Å². The van der Waals surface area contributed by atoms with Crippen LogP contribution in [0.4, 0.5) is 0 Å². The molecule has 1 saturated heterocycles. The fourth-order valence-electron chi connectivity index (χ4n) is 3.77. The van der Waals surface area contributed by atoms with Crippen LogP contribution >= 0.6 is 24.0 Å². The van der Waals surface area contributed by atoms with E-state index in [-0.39, 0.29) is 24.0 Å². The number of guanidine groups is 1. The van der Waals surface area contributed by atoms with Crippen LogP contribution in [0.5, 0.6) is 0 Å². The predicted molar refractivity (Wildman–Crippen MR) is 131 cm³/mol. The van der Waals surface area contributed by atoms with Gasteiger partial charge in [0, 0.05) is 52.0 Å². The van der Waals surface area contributed by atoms with Gasteiger partial charge in [-0.15, -0.1) is 24.0 Å². The first-order valence-electron chi connectivity index (χ1n) is 10.9. The second-order valence-electron chi connectivity index (χ2n) is 8.40. The predicted octanol–water partition coefficient (Wildman–Crippen LogP) is 4.28. The van der Waals surface area contributed by atoms with E-state index in [0.717, 1.165) is 58.2 Å². The van der Waals surface area contributed by atoms with Gasteiger partial charge < -0.3 is 20.1 Å². The van der Waals surface area contributed by atoms with Gasteiger partial charge in [0.2, 0.25) is 0 Å². The molecule has 0 amide bonds. The lowest BCUT2D eigenvalue weighted by atomic mass is 10.0. The Kier molecular flexibility index (Phi) is 10.7.